The highest BCUT2D eigenvalue weighted by Gasteiger charge is 2.25. The molecule has 3 amide bonds. The zero-order valence-electron chi connectivity index (χ0n) is 17.6. The predicted octanol–water partition coefficient (Wildman–Crippen LogP) is 5.29. The molecule has 0 atom stereocenters. The van der Waals surface area contributed by atoms with Crippen LogP contribution >= 0.6 is 23.4 Å². The maximum atomic E-state index is 12.1. The summed E-state index contributed by atoms with van der Waals surface area (Å²) in [7, 11) is 0. The highest BCUT2D eigenvalue weighted by atomic mass is 35.5. The molecule has 0 saturated carbocycles. The SMILES string of the molecule is O=C(CCCOc1ccc(/C=C2\SC(=O)NC2=O)c2ccccc12)NCc1ccc(Cl)cc1. The Hall–Kier alpha value is -3.29. The molecule has 1 aliphatic heterocycles. The lowest BCUT2D eigenvalue weighted by Crippen LogP contribution is -2.22. The molecular weight excluding hydrogens is 460 g/mol. The molecular formula is C25H21ClN2O4S. The Balaban J connectivity index is 1.34. The Morgan fingerprint density at radius 2 is 1.79 bits per heavy atom. The second kappa shape index (κ2) is 10.6. The number of amides is 3. The van der Waals surface area contributed by atoms with E-state index in [1.807, 2.05) is 48.5 Å². The van der Waals surface area contributed by atoms with Crippen LogP contribution in [0.3, 0.4) is 0 Å². The standard InChI is InChI=1S/C25H21ClN2O4S/c26-18-10-7-16(8-11-18)15-27-23(29)6-3-13-32-21-12-9-17(19-4-1-2-5-20(19)21)14-22-24(30)28-25(31)33-22/h1-2,4-5,7-12,14H,3,6,13,15H2,(H,27,29)(H,28,30,31)/b22-14-. The molecule has 4 rings (SSSR count). The van der Waals surface area contributed by atoms with Gasteiger partial charge in [0.15, 0.2) is 0 Å². The molecule has 0 aromatic heterocycles. The van der Waals surface area contributed by atoms with E-state index in [0.717, 1.165) is 33.7 Å². The zero-order chi connectivity index (χ0) is 23.2. The first-order valence-corrected chi connectivity index (χ1v) is 11.6. The summed E-state index contributed by atoms with van der Waals surface area (Å²) in [6, 6.07) is 18.8. The Morgan fingerprint density at radius 1 is 1.03 bits per heavy atom. The van der Waals surface area contributed by atoms with E-state index in [1.54, 1.807) is 18.2 Å². The van der Waals surface area contributed by atoms with Gasteiger partial charge in [-0.2, -0.15) is 0 Å². The molecule has 1 aliphatic rings. The minimum absolute atomic E-state index is 0.0396. The average Bonchev–Trinajstić information content (AvgIpc) is 3.13. The summed E-state index contributed by atoms with van der Waals surface area (Å²) in [5.41, 5.74) is 1.82. The van der Waals surface area contributed by atoms with Crippen molar-refractivity contribution in [2.75, 3.05) is 6.61 Å². The third kappa shape index (κ3) is 5.94. The summed E-state index contributed by atoms with van der Waals surface area (Å²) in [6.07, 6.45) is 2.64. The summed E-state index contributed by atoms with van der Waals surface area (Å²) < 4.78 is 5.95. The van der Waals surface area contributed by atoms with Crippen LogP contribution in [0, 0.1) is 0 Å². The van der Waals surface area contributed by atoms with Gasteiger partial charge in [0.1, 0.15) is 5.75 Å². The van der Waals surface area contributed by atoms with Gasteiger partial charge in [0.25, 0.3) is 11.1 Å². The van der Waals surface area contributed by atoms with Gasteiger partial charge in [-0.15, -0.1) is 0 Å². The van der Waals surface area contributed by atoms with E-state index in [2.05, 4.69) is 10.6 Å². The van der Waals surface area contributed by atoms with Crippen LogP contribution < -0.4 is 15.4 Å². The molecule has 8 heteroatoms. The predicted molar refractivity (Wildman–Crippen MR) is 131 cm³/mol. The molecule has 0 aliphatic carbocycles. The van der Waals surface area contributed by atoms with Gasteiger partial charge in [0, 0.05) is 23.4 Å². The quantitative estimate of drug-likeness (QED) is 0.338. The molecule has 1 fully saturated rings. The smallest absolute Gasteiger partial charge is 0.290 e. The van der Waals surface area contributed by atoms with Gasteiger partial charge < -0.3 is 10.1 Å². The lowest BCUT2D eigenvalue weighted by atomic mass is 10.0. The molecule has 0 bridgehead atoms. The normalized spacial score (nSPS) is 14.5. The number of carbonyl (C=O) groups excluding carboxylic acids is 3. The van der Waals surface area contributed by atoms with E-state index in [4.69, 9.17) is 16.3 Å². The lowest BCUT2D eigenvalue weighted by Gasteiger charge is -2.12. The zero-order valence-corrected chi connectivity index (χ0v) is 19.2. The number of carbonyl (C=O) groups is 3. The van der Waals surface area contributed by atoms with Crippen molar-refractivity contribution in [2.45, 2.75) is 19.4 Å². The molecule has 2 N–H and O–H groups in total. The summed E-state index contributed by atoms with van der Waals surface area (Å²) >= 11 is 6.76. The number of thioether (sulfide) groups is 1. The fraction of sp³-hybridized carbons (Fsp3) is 0.160. The number of imide groups is 1. The molecule has 3 aromatic rings. The van der Waals surface area contributed by atoms with Crippen molar-refractivity contribution < 1.29 is 19.1 Å². The minimum atomic E-state index is -0.385. The number of halogens is 1. The summed E-state index contributed by atoms with van der Waals surface area (Å²) in [5.74, 6) is 0.278. The van der Waals surface area contributed by atoms with Crippen LogP contribution in [0.25, 0.3) is 16.8 Å². The topological polar surface area (TPSA) is 84.5 Å². The van der Waals surface area contributed by atoms with Crippen molar-refractivity contribution in [3.8, 4) is 5.75 Å². The first-order chi connectivity index (χ1) is 16.0. The van der Waals surface area contributed by atoms with E-state index in [-0.39, 0.29) is 17.1 Å². The van der Waals surface area contributed by atoms with E-state index in [1.165, 1.54) is 0 Å². The van der Waals surface area contributed by atoms with Crippen LogP contribution in [0.2, 0.25) is 5.02 Å². The van der Waals surface area contributed by atoms with E-state index >= 15 is 0 Å². The second-order valence-corrected chi connectivity index (χ2v) is 8.86. The number of rotatable bonds is 8. The molecule has 3 aromatic carbocycles. The van der Waals surface area contributed by atoms with Gasteiger partial charge in [-0.1, -0.05) is 54.1 Å². The number of fused-ring (bicyclic) bond motifs is 1. The molecule has 0 unspecified atom stereocenters. The number of ether oxygens (including phenoxy) is 1. The van der Waals surface area contributed by atoms with Crippen molar-refractivity contribution in [2.24, 2.45) is 0 Å². The largest absolute Gasteiger partial charge is 0.493 e. The monoisotopic (exact) mass is 480 g/mol. The van der Waals surface area contributed by atoms with Gasteiger partial charge in [0.05, 0.1) is 11.5 Å². The first kappa shape index (κ1) is 22.9. The van der Waals surface area contributed by atoms with Crippen LogP contribution in [-0.4, -0.2) is 23.7 Å². The van der Waals surface area contributed by atoms with Crippen molar-refractivity contribution in [1.29, 1.82) is 0 Å². The number of nitrogens with one attached hydrogen (secondary N) is 2. The highest BCUT2D eigenvalue weighted by Crippen LogP contribution is 2.32. The van der Waals surface area contributed by atoms with Gasteiger partial charge in [-0.25, -0.2) is 0 Å². The van der Waals surface area contributed by atoms with Crippen LogP contribution in [0.4, 0.5) is 4.79 Å². The van der Waals surface area contributed by atoms with Gasteiger partial charge in [-0.05, 0) is 59.0 Å². The molecule has 0 spiro atoms. The average molecular weight is 481 g/mol. The van der Waals surface area contributed by atoms with Crippen molar-refractivity contribution in [3.63, 3.8) is 0 Å². The highest BCUT2D eigenvalue weighted by molar-refractivity contribution is 8.18. The lowest BCUT2D eigenvalue weighted by molar-refractivity contribution is -0.121. The molecule has 168 valence electrons. The fourth-order valence-electron chi connectivity index (χ4n) is 3.41. The molecule has 1 heterocycles. The van der Waals surface area contributed by atoms with Gasteiger partial charge in [0.2, 0.25) is 5.91 Å². The van der Waals surface area contributed by atoms with Crippen molar-refractivity contribution in [3.05, 3.63) is 81.7 Å². The van der Waals surface area contributed by atoms with Crippen molar-refractivity contribution >= 4 is 57.3 Å². The number of hydrogen-bond acceptors (Lipinski definition) is 5. The van der Waals surface area contributed by atoms with E-state index in [9.17, 15) is 14.4 Å². The Labute approximate surface area is 200 Å². The maximum absolute atomic E-state index is 12.1. The summed E-state index contributed by atoms with van der Waals surface area (Å²) in [5, 5.41) is 7.26. The maximum Gasteiger partial charge on any atom is 0.290 e. The Kier molecular flexibility index (Phi) is 7.32. The first-order valence-electron chi connectivity index (χ1n) is 10.4. The summed E-state index contributed by atoms with van der Waals surface area (Å²) in [4.78, 5) is 35.8. The third-order valence-electron chi connectivity index (χ3n) is 5.06. The fourth-order valence-corrected chi connectivity index (χ4v) is 4.21. The molecule has 6 nitrogen and oxygen atoms in total. The van der Waals surface area contributed by atoms with E-state index in [0.29, 0.717) is 41.7 Å². The molecule has 0 radical (unpaired) electrons. The third-order valence-corrected chi connectivity index (χ3v) is 6.12. The molecule has 33 heavy (non-hydrogen) atoms. The van der Waals surface area contributed by atoms with Gasteiger partial charge in [-0.3, -0.25) is 19.7 Å². The number of benzene rings is 3. The van der Waals surface area contributed by atoms with Crippen LogP contribution in [0.5, 0.6) is 5.75 Å². The minimum Gasteiger partial charge on any atom is -0.493 e. The Morgan fingerprint density at radius 3 is 2.52 bits per heavy atom. The second-order valence-electron chi connectivity index (χ2n) is 7.41. The van der Waals surface area contributed by atoms with Crippen LogP contribution in [0.15, 0.2) is 65.6 Å². The van der Waals surface area contributed by atoms with Crippen LogP contribution in [0.1, 0.15) is 24.0 Å². The Bertz CT molecular complexity index is 1240. The van der Waals surface area contributed by atoms with Crippen LogP contribution in [-0.2, 0) is 16.1 Å². The summed E-state index contributed by atoms with van der Waals surface area (Å²) in [6.45, 7) is 0.853. The van der Waals surface area contributed by atoms with E-state index < -0.39 is 0 Å². The van der Waals surface area contributed by atoms with Gasteiger partial charge >= 0.3 is 0 Å². The van der Waals surface area contributed by atoms with Crippen molar-refractivity contribution in [1.82, 2.24) is 10.6 Å². The molecule has 1 saturated heterocycles. The number of hydrogen-bond donors (Lipinski definition) is 2.